The van der Waals surface area contributed by atoms with Crippen molar-refractivity contribution in [3.63, 3.8) is 0 Å². The highest BCUT2D eigenvalue weighted by atomic mass is 35.5. The van der Waals surface area contributed by atoms with E-state index in [0.29, 0.717) is 5.92 Å². The molecule has 0 N–H and O–H groups in total. The predicted octanol–water partition coefficient (Wildman–Crippen LogP) is 4.12. The summed E-state index contributed by atoms with van der Waals surface area (Å²) in [6, 6.07) is 7.66. The van der Waals surface area contributed by atoms with Crippen LogP contribution in [-0.4, -0.2) is 19.6 Å². The SMILES string of the molecule is CCCC(CCl)CCOc1ccc(OC)cc1. The van der Waals surface area contributed by atoms with Gasteiger partial charge in [-0.15, -0.1) is 11.6 Å². The van der Waals surface area contributed by atoms with Gasteiger partial charge in [0, 0.05) is 5.88 Å². The normalized spacial score (nSPS) is 12.2. The summed E-state index contributed by atoms with van der Waals surface area (Å²) in [6.07, 6.45) is 3.37. The highest BCUT2D eigenvalue weighted by molar-refractivity contribution is 6.18. The molecule has 0 radical (unpaired) electrons. The first-order chi connectivity index (χ1) is 8.30. The monoisotopic (exact) mass is 256 g/mol. The van der Waals surface area contributed by atoms with Gasteiger partial charge in [0.15, 0.2) is 0 Å². The summed E-state index contributed by atoms with van der Waals surface area (Å²) in [7, 11) is 1.66. The summed E-state index contributed by atoms with van der Waals surface area (Å²) in [5.41, 5.74) is 0. The van der Waals surface area contributed by atoms with E-state index in [1.807, 2.05) is 24.3 Å². The molecular weight excluding hydrogens is 236 g/mol. The Morgan fingerprint density at radius 2 is 1.76 bits per heavy atom. The molecular formula is C14H21ClO2. The van der Waals surface area contributed by atoms with Crippen LogP contribution in [0.5, 0.6) is 11.5 Å². The lowest BCUT2D eigenvalue weighted by molar-refractivity contribution is 0.279. The smallest absolute Gasteiger partial charge is 0.119 e. The standard InChI is InChI=1S/C14H21ClO2/c1-3-4-12(11-15)9-10-17-14-7-5-13(16-2)6-8-14/h5-8,12H,3-4,9-11H2,1-2H3. The van der Waals surface area contributed by atoms with Gasteiger partial charge in [-0.25, -0.2) is 0 Å². The summed E-state index contributed by atoms with van der Waals surface area (Å²) in [4.78, 5) is 0. The molecule has 0 bridgehead atoms. The third-order valence-electron chi connectivity index (χ3n) is 2.77. The molecule has 0 aliphatic carbocycles. The van der Waals surface area contributed by atoms with Gasteiger partial charge in [-0.3, -0.25) is 0 Å². The van der Waals surface area contributed by atoms with E-state index in [1.54, 1.807) is 7.11 Å². The number of hydrogen-bond donors (Lipinski definition) is 0. The third kappa shape index (κ3) is 5.31. The van der Waals surface area contributed by atoms with Crippen molar-refractivity contribution < 1.29 is 9.47 Å². The van der Waals surface area contributed by atoms with Crippen LogP contribution in [0.25, 0.3) is 0 Å². The van der Waals surface area contributed by atoms with Crippen molar-refractivity contribution in [1.82, 2.24) is 0 Å². The van der Waals surface area contributed by atoms with E-state index in [4.69, 9.17) is 21.1 Å². The molecule has 96 valence electrons. The maximum Gasteiger partial charge on any atom is 0.119 e. The van der Waals surface area contributed by atoms with Crippen molar-refractivity contribution in [2.75, 3.05) is 19.6 Å². The van der Waals surface area contributed by atoms with Gasteiger partial charge < -0.3 is 9.47 Å². The Kier molecular flexibility index (Phi) is 6.87. The van der Waals surface area contributed by atoms with E-state index in [0.717, 1.165) is 30.4 Å². The van der Waals surface area contributed by atoms with Crippen LogP contribution >= 0.6 is 11.6 Å². The molecule has 0 saturated heterocycles. The van der Waals surface area contributed by atoms with Crippen LogP contribution in [0.1, 0.15) is 26.2 Å². The molecule has 3 heteroatoms. The largest absolute Gasteiger partial charge is 0.497 e. The van der Waals surface area contributed by atoms with Crippen molar-refractivity contribution in [2.24, 2.45) is 5.92 Å². The average Bonchev–Trinajstić information content (AvgIpc) is 2.38. The Morgan fingerprint density at radius 3 is 2.29 bits per heavy atom. The van der Waals surface area contributed by atoms with Crippen molar-refractivity contribution >= 4 is 11.6 Å². The predicted molar refractivity (Wildman–Crippen MR) is 72.2 cm³/mol. The second kappa shape index (κ2) is 8.24. The highest BCUT2D eigenvalue weighted by Gasteiger charge is 2.06. The number of methoxy groups -OCH3 is 1. The Balaban J connectivity index is 2.29. The molecule has 0 heterocycles. The van der Waals surface area contributed by atoms with Gasteiger partial charge >= 0.3 is 0 Å². The van der Waals surface area contributed by atoms with Gasteiger partial charge in [-0.2, -0.15) is 0 Å². The summed E-state index contributed by atoms with van der Waals surface area (Å²) in [6.45, 7) is 2.91. The van der Waals surface area contributed by atoms with Crippen molar-refractivity contribution in [2.45, 2.75) is 26.2 Å². The Labute approximate surface area is 109 Å². The zero-order valence-electron chi connectivity index (χ0n) is 10.6. The minimum Gasteiger partial charge on any atom is -0.497 e. The molecule has 0 spiro atoms. The second-order valence-electron chi connectivity index (χ2n) is 4.12. The lowest BCUT2D eigenvalue weighted by atomic mass is 10.0. The quantitative estimate of drug-likeness (QED) is 0.652. The first-order valence-electron chi connectivity index (χ1n) is 6.13. The van der Waals surface area contributed by atoms with Crippen molar-refractivity contribution in [3.8, 4) is 11.5 Å². The molecule has 1 aromatic carbocycles. The molecule has 0 fully saturated rings. The maximum atomic E-state index is 5.90. The minimum absolute atomic E-state index is 0.569. The van der Waals surface area contributed by atoms with Gasteiger partial charge in [0.2, 0.25) is 0 Å². The van der Waals surface area contributed by atoms with Gasteiger partial charge in [0.05, 0.1) is 13.7 Å². The van der Waals surface area contributed by atoms with Crippen LogP contribution in [0, 0.1) is 5.92 Å². The molecule has 1 aromatic rings. The van der Waals surface area contributed by atoms with E-state index in [-0.39, 0.29) is 0 Å². The van der Waals surface area contributed by atoms with Crippen LogP contribution < -0.4 is 9.47 Å². The fourth-order valence-electron chi connectivity index (χ4n) is 1.72. The first kappa shape index (κ1) is 14.2. The molecule has 2 nitrogen and oxygen atoms in total. The second-order valence-corrected chi connectivity index (χ2v) is 4.43. The summed E-state index contributed by atoms with van der Waals surface area (Å²) in [5.74, 6) is 3.03. The molecule has 17 heavy (non-hydrogen) atoms. The average molecular weight is 257 g/mol. The molecule has 1 atom stereocenters. The van der Waals surface area contributed by atoms with E-state index in [9.17, 15) is 0 Å². The fraction of sp³-hybridized carbons (Fsp3) is 0.571. The van der Waals surface area contributed by atoms with Gasteiger partial charge in [-0.05, 0) is 43.0 Å². The minimum atomic E-state index is 0.569. The molecule has 1 rings (SSSR count). The van der Waals surface area contributed by atoms with Crippen LogP contribution in [0.15, 0.2) is 24.3 Å². The van der Waals surface area contributed by atoms with Crippen molar-refractivity contribution in [3.05, 3.63) is 24.3 Å². The maximum absolute atomic E-state index is 5.90. The number of hydrogen-bond acceptors (Lipinski definition) is 2. The number of ether oxygens (including phenoxy) is 2. The van der Waals surface area contributed by atoms with Crippen molar-refractivity contribution in [1.29, 1.82) is 0 Å². The third-order valence-corrected chi connectivity index (χ3v) is 3.21. The van der Waals surface area contributed by atoms with Gasteiger partial charge in [-0.1, -0.05) is 13.3 Å². The zero-order valence-corrected chi connectivity index (χ0v) is 11.4. The van der Waals surface area contributed by atoms with E-state index in [2.05, 4.69) is 6.92 Å². The van der Waals surface area contributed by atoms with Crippen LogP contribution in [0.4, 0.5) is 0 Å². The lowest BCUT2D eigenvalue weighted by Crippen LogP contribution is -2.08. The molecule has 0 saturated carbocycles. The van der Waals surface area contributed by atoms with Crippen LogP contribution in [0.2, 0.25) is 0 Å². The summed E-state index contributed by atoms with van der Waals surface area (Å²) < 4.78 is 10.8. The van der Waals surface area contributed by atoms with Gasteiger partial charge in [0.25, 0.3) is 0 Å². The first-order valence-corrected chi connectivity index (χ1v) is 6.66. The fourth-order valence-corrected chi connectivity index (χ4v) is 2.03. The summed E-state index contributed by atoms with van der Waals surface area (Å²) in [5, 5.41) is 0. The molecule has 0 aromatic heterocycles. The number of benzene rings is 1. The van der Waals surface area contributed by atoms with Crippen LogP contribution in [0.3, 0.4) is 0 Å². The Bertz CT molecular complexity index is 298. The highest BCUT2D eigenvalue weighted by Crippen LogP contribution is 2.18. The molecule has 0 aliphatic heterocycles. The van der Waals surface area contributed by atoms with E-state index < -0.39 is 0 Å². The topological polar surface area (TPSA) is 18.5 Å². The lowest BCUT2D eigenvalue weighted by Gasteiger charge is -2.13. The number of rotatable bonds is 8. The molecule has 0 aliphatic rings. The number of halogens is 1. The van der Waals surface area contributed by atoms with Gasteiger partial charge in [0.1, 0.15) is 11.5 Å². The van der Waals surface area contributed by atoms with E-state index in [1.165, 1.54) is 12.8 Å². The molecule has 0 amide bonds. The van der Waals surface area contributed by atoms with Crippen LogP contribution in [-0.2, 0) is 0 Å². The molecule has 1 unspecified atom stereocenters. The Morgan fingerprint density at radius 1 is 1.12 bits per heavy atom. The number of alkyl halides is 1. The summed E-state index contributed by atoms with van der Waals surface area (Å²) >= 11 is 5.90. The zero-order chi connectivity index (χ0) is 12.5. The Hall–Kier alpha value is -0.890. The van der Waals surface area contributed by atoms with E-state index >= 15 is 0 Å².